The minimum atomic E-state index is -0.221. The Balaban J connectivity index is 1.46. The fourth-order valence-electron chi connectivity index (χ4n) is 4.19. The molecule has 4 aromatic carbocycles. The standard InChI is InChI=1S/C29H24ClFN2/c30-26-11-6-21(7-12-26)17-32-18-25-20-33(19-22-4-2-1-3-5-22)29-15-10-24(16-28(25)29)23-8-13-27(31)14-9-23/h1-16,20,32H,17-19H2. The molecule has 0 unspecified atom stereocenters. The molecule has 0 radical (unpaired) electrons. The minimum absolute atomic E-state index is 0.221. The number of benzene rings is 4. The molecular formula is C29H24ClFN2. The summed E-state index contributed by atoms with van der Waals surface area (Å²) in [7, 11) is 0. The largest absolute Gasteiger partial charge is 0.343 e. The molecule has 5 aromatic rings. The molecule has 0 fully saturated rings. The van der Waals surface area contributed by atoms with Gasteiger partial charge in [0.25, 0.3) is 0 Å². The van der Waals surface area contributed by atoms with Gasteiger partial charge in [-0.05, 0) is 64.2 Å². The first kappa shape index (κ1) is 21.4. The number of nitrogens with one attached hydrogen (secondary N) is 1. The van der Waals surface area contributed by atoms with Crippen LogP contribution in [0.2, 0.25) is 5.02 Å². The Morgan fingerprint density at radius 1 is 0.727 bits per heavy atom. The van der Waals surface area contributed by atoms with Crippen LogP contribution in [-0.2, 0) is 19.6 Å². The van der Waals surface area contributed by atoms with Gasteiger partial charge in [-0.2, -0.15) is 0 Å². The van der Waals surface area contributed by atoms with E-state index in [2.05, 4.69) is 58.5 Å². The highest BCUT2D eigenvalue weighted by molar-refractivity contribution is 6.30. The topological polar surface area (TPSA) is 17.0 Å². The molecule has 0 atom stereocenters. The number of nitrogens with zero attached hydrogens (tertiary/aromatic N) is 1. The second-order valence-corrected chi connectivity index (χ2v) is 8.67. The molecule has 0 aliphatic rings. The molecule has 1 aromatic heterocycles. The van der Waals surface area contributed by atoms with E-state index in [0.29, 0.717) is 0 Å². The van der Waals surface area contributed by atoms with E-state index >= 15 is 0 Å². The summed E-state index contributed by atoms with van der Waals surface area (Å²) in [5.41, 5.74) is 6.97. The van der Waals surface area contributed by atoms with Crippen molar-refractivity contribution in [2.24, 2.45) is 0 Å². The van der Waals surface area contributed by atoms with Gasteiger partial charge in [-0.3, -0.25) is 0 Å². The number of hydrogen-bond donors (Lipinski definition) is 1. The Hall–Kier alpha value is -3.40. The van der Waals surface area contributed by atoms with Crippen molar-refractivity contribution >= 4 is 22.5 Å². The second-order valence-electron chi connectivity index (χ2n) is 8.24. The summed E-state index contributed by atoms with van der Waals surface area (Å²) in [6, 6.07) is 31.6. The highest BCUT2D eigenvalue weighted by atomic mass is 35.5. The summed E-state index contributed by atoms with van der Waals surface area (Å²) in [5.74, 6) is -0.221. The number of halogens is 2. The zero-order valence-electron chi connectivity index (χ0n) is 18.1. The van der Waals surface area contributed by atoms with Gasteiger partial charge in [0.05, 0.1) is 0 Å². The van der Waals surface area contributed by atoms with Gasteiger partial charge in [0.15, 0.2) is 0 Å². The van der Waals surface area contributed by atoms with Crippen LogP contribution in [0.5, 0.6) is 0 Å². The van der Waals surface area contributed by atoms with Crippen LogP contribution in [-0.4, -0.2) is 4.57 Å². The monoisotopic (exact) mass is 454 g/mol. The molecule has 0 bridgehead atoms. The molecule has 5 rings (SSSR count). The van der Waals surface area contributed by atoms with Crippen LogP contribution in [0.25, 0.3) is 22.0 Å². The fourth-order valence-corrected chi connectivity index (χ4v) is 4.31. The van der Waals surface area contributed by atoms with Crippen LogP contribution < -0.4 is 5.32 Å². The van der Waals surface area contributed by atoms with Crippen LogP contribution in [0.3, 0.4) is 0 Å². The van der Waals surface area contributed by atoms with Crippen LogP contribution in [0.4, 0.5) is 4.39 Å². The third kappa shape index (κ3) is 5.00. The summed E-state index contributed by atoms with van der Waals surface area (Å²) >= 11 is 6.01. The Kier molecular flexibility index (Phi) is 6.25. The summed E-state index contributed by atoms with van der Waals surface area (Å²) in [6.07, 6.45) is 2.24. The predicted molar refractivity (Wildman–Crippen MR) is 135 cm³/mol. The van der Waals surface area contributed by atoms with Gasteiger partial charge in [-0.1, -0.05) is 72.3 Å². The van der Waals surface area contributed by atoms with Crippen molar-refractivity contribution in [3.63, 3.8) is 0 Å². The first-order valence-electron chi connectivity index (χ1n) is 11.0. The Bertz CT molecular complexity index is 1360. The Morgan fingerprint density at radius 3 is 2.21 bits per heavy atom. The third-order valence-electron chi connectivity index (χ3n) is 5.89. The SMILES string of the molecule is Fc1ccc(-c2ccc3c(c2)c(CNCc2ccc(Cl)cc2)cn3Cc2ccccc2)cc1. The quantitative estimate of drug-likeness (QED) is 0.270. The predicted octanol–water partition coefficient (Wildman–Crippen LogP) is 7.44. The van der Waals surface area contributed by atoms with E-state index in [0.717, 1.165) is 35.8 Å². The van der Waals surface area contributed by atoms with Gasteiger partial charge in [0.2, 0.25) is 0 Å². The van der Waals surface area contributed by atoms with Crippen molar-refractivity contribution in [2.75, 3.05) is 0 Å². The Morgan fingerprint density at radius 2 is 1.45 bits per heavy atom. The van der Waals surface area contributed by atoms with E-state index in [-0.39, 0.29) is 5.82 Å². The summed E-state index contributed by atoms with van der Waals surface area (Å²) in [4.78, 5) is 0. The fraction of sp³-hybridized carbons (Fsp3) is 0.103. The van der Waals surface area contributed by atoms with Gasteiger partial charge >= 0.3 is 0 Å². The molecule has 2 nitrogen and oxygen atoms in total. The molecule has 0 saturated carbocycles. The molecule has 0 aliphatic heterocycles. The maximum absolute atomic E-state index is 13.4. The van der Waals surface area contributed by atoms with Gasteiger partial charge in [0.1, 0.15) is 5.82 Å². The molecule has 164 valence electrons. The molecular weight excluding hydrogens is 431 g/mol. The zero-order valence-corrected chi connectivity index (χ0v) is 18.9. The molecule has 0 amide bonds. The summed E-state index contributed by atoms with van der Waals surface area (Å²) in [5, 5.41) is 5.52. The van der Waals surface area contributed by atoms with Crippen molar-refractivity contribution in [3.8, 4) is 11.1 Å². The van der Waals surface area contributed by atoms with E-state index in [4.69, 9.17) is 11.6 Å². The lowest BCUT2D eigenvalue weighted by atomic mass is 10.0. The first-order valence-corrected chi connectivity index (χ1v) is 11.4. The number of hydrogen-bond acceptors (Lipinski definition) is 1. The average Bonchev–Trinajstić information content (AvgIpc) is 3.18. The van der Waals surface area contributed by atoms with E-state index in [1.54, 1.807) is 0 Å². The number of aromatic nitrogens is 1. The Labute approximate surface area is 198 Å². The smallest absolute Gasteiger partial charge is 0.123 e. The maximum atomic E-state index is 13.4. The molecule has 1 N–H and O–H groups in total. The lowest BCUT2D eigenvalue weighted by molar-refractivity contribution is 0.628. The molecule has 0 spiro atoms. The normalized spacial score (nSPS) is 11.2. The van der Waals surface area contributed by atoms with Crippen LogP contribution in [0.15, 0.2) is 103 Å². The van der Waals surface area contributed by atoms with Crippen LogP contribution >= 0.6 is 11.6 Å². The van der Waals surface area contributed by atoms with E-state index in [1.165, 1.54) is 39.7 Å². The van der Waals surface area contributed by atoms with Crippen molar-refractivity contribution in [1.29, 1.82) is 0 Å². The van der Waals surface area contributed by atoms with E-state index in [9.17, 15) is 4.39 Å². The average molecular weight is 455 g/mol. The number of rotatable bonds is 7. The number of fused-ring (bicyclic) bond motifs is 1. The van der Waals surface area contributed by atoms with Crippen molar-refractivity contribution in [3.05, 3.63) is 131 Å². The summed E-state index contributed by atoms with van der Waals surface area (Å²) < 4.78 is 15.7. The highest BCUT2D eigenvalue weighted by Gasteiger charge is 2.11. The molecule has 4 heteroatoms. The molecule has 0 saturated heterocycles. The van der Waals surface area contributed by atoms with E-state index in [1.807, 2.05) is 42.5 Å². The van der Waals surface area contributed by atoms with Gasteiger partial charge < -0.3 is 9.88 Å². The van der Waals surface area contributed by atoms with Crippen molar-refractivity contribution < 1.29 is 4.39 Å². The van der Waals surface area contributed by atoms with Gasteiger partial charge in [0, 0.05) is 41.8 Å². The molecule has 0 aliphatic carbocycles. The van der Waals surface area contributed by atoms with Crippen molar-refractivity contribution in [1.82, 2.24) is 9.88 Å². The van der Waals surface area contributed by atoms with Crippen LogP contribution in [0, 0.1) is 5.82 Å². The first-order chi connectivity index (χ1) is 16.2. The summed E-state index contributed by atoms with van der Waals surface area (Å²) in [6.45, 7) is 2.32. The zero-order chi connectivity index (χ0) is 22.6. The maximum Gasteiger partial charge on any atom is 0.123 e. The van der Waals surface area contributed by atoms with Crippen LogP contribution in [0.1, 0.15) is 16.7 Å². The van der Waals surface area contributed by atoms with Crippen molar-refractivity contribution in [2.45, 2.75) is 19.6 Å². The lowest BCUT2D eigenvalue weighted by Crippen LogP contribution is -2.12. The van der Waals surface area contributed by atoms with E-state index < -0.39 is 0 Å². The molecule has 33 heavy (non-hydrogen) atoms. The minimum Gasteiger partial charge on any atom is -0.343 e. The molecule has 1 heterocycles. The van der Waals surface area contributed by atoms with Gasteiger partial charge in [-0.25, -0.2) is 4.39 Å². The van der Waals surface area contributed by atoms with Gasteiger partial charge in [-0.15, -0.1) is 0 Å². The second kappa shape index (κ2) is 9.62. The third-order valence-corrected chi connectivity index (χ3v) is 6.15. The lowest BCUT2D eigenvalue weighted by Gasteiger charge is -2.07. The highest BCUT2D eigenvalue weighted by Crippen LogP contribution is 2.29.